The number of carbonyl (C=O) groups excluding carboxylic acids is 1. The average molecular weight is 312 g/mol. The Morgan fingerprint density at radius 1 is 1.04 bits per heavy atom. The van der Waals surface area contributed by atoms with Crippen molar-refractivity contribution in [2.45, 2.75) is 64.8 Å². The van der Waals surface area contributed by atoms with Gasteiger partial charge in [0.05, 0.1) is 5.56 Å². The van der Waals surface area contributed by atoms with Crippen molar-refractivity contribution in [2.24, 2.45) is 22.1 Å². The summed E-state index contributed by atoms with van der Waals surface area (Å²) in [5.41, 5.74) is 2.54. The van der Waals surface area contributed by atoms with E-state index in [0.717, 1.165) is 23.5 Å². The highest BCUT2D eigenvalue weighted by Gasteiger charge is 2.37. The zero-order chi connectivity index (χ0) is 16.2. The molecule has 1 aromatic rings. The Balaban J connectivity index is 1.73. The molecular weight excluding hydrogens is 286 g/mol. The van der Waals surface area contributed by atoms with Crippen LogP contribution in [0.3, 0.4) is 0 Å². The molecule has 0 radical (unpaired) electrons. The number of rotatable bonds is 2. The predicted octanol–water partition coefficient (Wildman–Crippen LogP) is 4.77. The maximum absolute atomic E-state index is 12.3. The van der Waals surface area contributed by atoms with Crippen LogP contribution in [0.2, 0.25) is 0 Å². The van der Waals surface area contributed by atoms with Crippen LogP contribution in [0.5, 0.6) is 0 Å². The first-order chi connectivity index (χ1) is 11.2. The predicted molar refractivity (Wildman–Crippen MR) is 90.3 cm³/mol. The molecule has 0 N–H and O–H groups in total. The Kier molecular flexibility index (Phi) is 5.02. The zero-order valence-electron chi connectivity index (χ0n) is 14.2. The quantitative estimate of drug-likeness (QED) is 0.573. The number of hydrogen-bond acceptors (Lipinski definition) is 2. The Bertz CT molecular complexity index is 624. The van der Waals surface area contributed by atoms with Gasteiger partial charge in [0.25, 0.3) is 0 Å². The van der Waals surface area contributed by atoms with Crippen LogP contribution in [0, 0.1) is 25.7 Å². The molecule has 0 aliphatic heterocycles. The van der Waals surface area contributed by atoms with Gasteiger partial charge in [0.1, 0.15) is 11.2 Å². The van der Waals surface area contributed by atoms with E-state index in [4.69, 9.17) is 0 Å². The number of amides is 1. The van der Waals surface area contributed by atoms with Gasteiger partial charge in [-0.2, -0.15) is 0 Å². The molecule has 23 heavy (non-hydrogen) atoms. The van der Waals surface area contributed by atoms with Crippen molar-refractivity contribution in [1.82, 2.24) is 4.91 Å². The molecule has 0 bridgehead atoms. The number of nitrogens with zero attached hydrogens (tertiary/aromatic N) is 3. The smallest absolute Gasteiger partial charge is 0.259 e. The molecule has 0 spiro atoms. The minimum Gasteiger partial charge on any atom is -0.259 e. The summed E-state index contributed by atoms with van der Waals surface area (Å²) >= 11 is 0. The molecule has 3 atom stereocenters. The number of fused-ring (bicyclic) bond motifs is 1. The minimum absolute atomic E-state index is 0.267. The van der Waals surface area contributed by atoms with Crippen LogP contribution in [-0.4, -0.2) is 11.9 Å². The molecule has 2 fully saturated rings. The number of hydrogen-bond donors (Lipinski definition) is 0. The lowest BCUT2D eigenvalue weighted by Crippen LogP contribution is -2.33. The molecule has 2 aliphatic rings. The van der Waals surface area contributed by atoms with Crippen molar-refractivity contribution >= 4 is 5.91 Å². The monoisotopic (exact) mass is 312 g/mol. The standard InChI is InChI=1S/C19H26N3O/c1-13-7-5-8-14(2)18(13)19(23)21-22-20-17-12-6-10-15-9-3-4-11-16(15)17/h5,7-8,15-17H,3-4,6,9-12H2,1-2H3/q+1/t15-,16-,17-/m0/s1. The highest BCUT2D eigenvalue weighted by atomic mass is 16.1. The van der Waals surface area contributed by atoms with Crippen molar-refractivity contribution in [3.05, 3.63) is 34.9 Å². The summed E-state index contributed by atoms with van der Waals surface area (Å²) in [6.07, 6.45) is 8.95. The van der Waals surface area contributed by atoms with Gasteiger partial charge in [-0.3, -0.25) is 4.79 Å². The lowest BCUT2D eigenvalue weighted by Gasteiger charge is -2.36. The average Bonchev–Trinajstić information content (AvgIpc) is 2.55. The summed E-state index contributed by atoms with van der Waals surface area (Å²) in [7, 11) is 0. The van der Waals surface area contributed by atoms with Gasteiger partial charge < -0.3 is 0 Å². The van der Waals surface area contributed by atoms with Crippen molar-refractivity contribution in [3.8, 4) is 0 Å². The van der Waals surface area contributed by atoms with Crippen molar-refractivity contribution in [1.29, 1.82) is 0 Å². The summed E-state index contributed by atoms with van der Waals surface area (Å²) in [4.78, 5) is 16.2. The lowest BCUT2D eigenvalue weighted by atomic mass is 9.69. The van der Waals surface area contributed by atoms with Gasteiger partial charge >= 0.3 is 5.91 Å². The highest BCUT2D eigenvalue weighted by molar-refractivity contribution is 5.97. The van der Waals surface area contributed by atoms with Gasteiger partial charge in [-0.1, -0.05) is 50.3 Å². The van der Waals surface area contributed by atoms with E-state index in [0.29, 0.717) is 11.5 Å². The summed E-state index contributed by atoms with van der Waals surface area (Å²) in [6.45, 7) is 3.86. The molecular formula is C19H26N3O+. The molecule has 2 saturated carbocycles. The van der Waals surface area contributed by atoms with Gasteiger partial charge in [0, 0.05) is 0 Å². The maximum atomic E-state index is 12.3. The fourth-order valence-electron chi connectivity index (χ4n) is 4.38. The lowest BCUT2D eigenvalue weighted by molar-refractivity contribution is 0.0989. The Hall–Kier alpha value is -1.80. The van der Waals surface area contributed by atoms with E-state index < -0.39 is 0 Å². The second kappa shape index (κ2) is 7.18. The van der Waals surface area contributed by atoms with Crippen LogP contribution < -0.4 is 4.91 Å². The second-order valence-electron chi connectivity index (χ2n) is 7.08. The molecule has 0 aromatic heterocycles. The Labute approximate surface area is 138 Å². The fraction of sp³-hybridized carbons (Fsp3) is 0.632. The topological polar surface area (TPSA) is 55.9 Å². The summed E-state index contributed by atoms with van der Waals surface area (Å²) in [6, 6.07) is 6.08. The van der Waals surface area contributed by atoms with E-state index in [-0.39, 0.29) is 11.9 Å². The third kappa shape index (κ3) is 3.59. The highest BCUT2D eigenvalue weighted by Crippen LogP contribution is 2.41. The van der Waals surface area contributed by atoms with Crippen LogP contribution in [0.4, 0.5) is 0 Å². The first-order valence-corrected chi connectivity index (χ1v) is 8.88. The van der Waals surface area contributed by atoms with Gasteiger partial charge in [-0.25, -0.2) is 0 Å². The van der Waals surface area contributed by atoms with Crippen LogP contribution in [-0.2, 0) is 0 Å². The van der Waals surface area contributed by atoms with Crippen molar-refractivity contribution in [2.75, 3.05) is 0 Å². The molecule has 4 nitrogen and oxygen atoms in total. The van der Waals surface area contributed by atoms with Crippen LogP contribution in [0.15, 0.2) is 28.4 Å². The molecule has 3 rings (SSSR count). The fourth-order valence-corrected chi connectivity index (χ4v) is 4.38. The van der Waals surface area contributed by atoms with Gasteiger partial charge in [-0.05, 0) is 49.7 Å². The second-order valence-corrected chi connectivity index (χ2v) is 7.08. The van der Waals surface area contributed by atoms with Gasteiger partial charge in [-0.15, -0.1) is 0 Å². The summed E-state index contributed by atoms with van der Waals surface area (Å²) < 4.78 is 0. The van der Waals surface area contributed by atoms with Crippen LogP contribution >= 0.6 is 0 Å². The Morgan fingerprint density at radius 3 is 2.52 bits per heavy atom. The van der Waals surface area contributed by atoms with E-state index in [9.17, 15) is 4.79 Å². The first-order valence-electron chi connectivity index (χ1n) is 8.88. The number of carbonyl (C=O) groups is 1. The Morgan fingerprint density at radius 2 is 1.74 bits per heavy atom. The molecule has 122 valence electrons. The molecule has 0 unspecified atom stereocenters. The van der Waals surface area contributed by atoms with E-state index in [2.05, 4.69) is 15.1 Å². The largest absolute Gasteiger partial charge is 0.361 e. The third-order valence-corrected chi connectivity index (χ3v) is 5.57. The molecule has 1 amide bonds. The van der Waals surface area contributed by atoms with Gasteiger partial charge in [0.2, 0.25) is 10.0 Å². The molecule has 0 saturated heterocycles. The summed E-state index contributed by atoms with van der Waals surface area (Å²) in [5.74, 6) is 1.20. The summed E-state index contributed by atoms with van der Waals surface area (Å²) in [5, 5.41) is 8.30. The van der Waals surface area contributed by atoms with E-state index in [1.54, 1.807) is 0 Å². The van der Waals surface area contributed by atoms with Crippen molar-refractivity contribution in [3.63, 3.8) is 0 Å². The minimum atomic E-state index is -0.277. The maximum Gasteiger partial charge on any atom is 0.361 e. The molecule has 4 heteroatoms. The molecule has 0 heterocycles. The molecule has 1 aromatic carbocycles. The van der Waals surface area contributed by atoms with E-state index in [1.165, 1.54) is 38.5 Å². The number of aryl methyl sites for hydroxylation is 2. The van der Waals surface area contributed by atoms with Gasteiger partial charge in [0.15, 0.2) is 0 Å². The van der Waals surface area contributed by atoms with E-state index >= 15 is 0 Å². The van der Waals surface area contributed by atoms with Crippen LogP contribution in [0.25, 0.3) is 0 Å². The number of benzene rings is 1. The van der Waals surface area contributed by atoms with Crippen molar-refractivity contribution < 1.29 is 4.79 Å². The third-order valence-electron chi connectivity index (χ3n) is 5.57. The molecule has 2 aliphatic carbocycles. The van der Waals surface area contributed by atoms with E-state index in [1.807, 2.05) is 32.0 Å². The zero-order valence-corrected chi connectivity index (χ0v) is 14.2. The normalized spacial score (nSPS) is 26.8. The van der Waals surface area contributed by atoms with Crippen LogP contribution in [0.1, 0.15) is 66.4 Å². The SMILES string of the molecule is Cc1cccc(C)c1C(=O)N=[N+]=N[C@H]1CCC[C@@H]2CCCC[C@@H]21. The first kappa shape index (κ1) is 16.1.